The van der Waals surface area contributed by atoms with Crippen molar-refractivity contribution in [2.24, 2.45) is 0 Å². The van der Waals surface area contributed by atoms with E-state index in [1.54, 1.807) is 19.1 Å². The molecule has 0 saturated carbocycles. The number of Topliss-reactive ketones (excluding diaryl/α,β-unsaturated/α-hetero) is 1. The maximum absolute atomic E-state index is 13.2. The molecule has 0 saturated heterocycles. The lowest BCUT2D eigenvalue weighted by molar-refractivity contribution is -0.137. The molecule has 2 aromatic carbocycles. The Balaban J connectivity index is 2.07. The highest BCUT2D eigenvalue weighted by Gasteiger charge is 2.38. The van der Waals surface area contributed by atoms with Crippen LogP contribution in [0.5, 0.6) is 5.75 Å². The second-order valence-corrected chi connectivity index (χ2v) is 7.08. The Bertz CT molecular complexity index is 1060. The Kier molecular flexibility index (Phi) is 6.21. The second-order valence-electron chi connectivity index (χ2n) is 7.08. The van der Waals surface area contributed by atoms with Crippen molar-refractivity contribution in [1.82, 2.24) is 0 Å². The molecule has 0 radical (unpaired) electrons. The molecule has 30 heavy (non-hydrogen) atoms. The van der Waals surface area contributed by atoms with Gasteiger partial charge in [-0.2, -0.15) is 0 Å². The third kappa shape index (κ3) is 4.06. The predicted octanol–water partition coefficient (Wildman–Crippen LogP) is 4.75. The molecule has 5 heteroatoms. The molecular weight excluding hydrogens is 378 g/mol. The van der Waals surface area contributed by atoms with Crippen molar-refractivity contribution in [2.75, 3.05) is 18.6 Å². The SMILES string of the molecule is C=CCOc1ccc(/C=C2\C(=O)C(C(=O)OC)=C(C)N2c2ccc(C)c(C)c2)cc1. The predicted molar refractivity (Wildman–Crippen MR) is 118 cm³/mol. The molecule has 1 aliphatic heterocycles. The molecule has 0 aliphatic carbocycles. The van der Waals surface area contributed by atoms with E-state index in [1.165, 1.54) is 7.11 Å². The molecule has 0 amide bonds. The molecule has 0 N–H and O–H groups in total. The minimum atomic E-state index is -0.636. The van der Waals surface area contributed by atoms with Gasteiger partial charge < -0.3 is 14.4 Å². The zero-order valence-electron chi connectivity index (χ0n) is 17.7. The Morgan fingerprint density at radius 2 is 1.77 bits per heavy atom. The molecule has 0 fully saturated rings. The first kappa shape index (κ1) is 21.1. The van der Waals surface area contributed by atoms with E-state index in [2.05, 4.69) is 6.58 Å². The normalized spacial score (nSPS) is 15.0. The van der Waals surface area contributed by atoms with E-state index < -0.39 is 5.97 Å². The monoisotopic (exact) mass is 403 g/mol. The van der Waals surface area contributed by atoms with Crippen molar-refractivity contribution >= 4 is 23.5 Å². The molecule has 0 spiro atoms. The maximum atomic E-state index is 13.2. The van der Waals surface area contributed by atoms with E-state index in [4.69, 9.17) is 9.47 Å². The van der Waals surface area contributed by atoms with Gasteiger partial charge in [-0.25, -0.2) is 4.79 Å². The molecule has 0 unspecified atom stereocenters. The van der Waals surface area contributed by atoms with Gasteiger partial charge in [0.15, 0.2) is 0 Å². The summed E-state index contributed by atoms with van der Waals surface area (Å²) < 4.78 is 10.4. The molecule has 2 aromatic rings. The second kappa shape index (κ2) is 8.82. The summed E-state index contributed by atoms with van der Waals surface area (Å²) in [5, 5.41) is 0. The van der Waals surface area contributed by atoms with Crippen LogP contribution in [0.2, 0.25) is 0 Å². The highest BCUT2D eigenvalue weighted by molar-refractivity contribution is 6.30. The Morgan fingerprint density at radius 3 is 2.37 bits per heavy atom. The van der Waals surface area contributed by atoms with E-state index in [-0.39, 0.29) is 11.4 Å². The number of ketones is 1. The number of carbonyl (C=O) groups excluding carboxylic acids is 2. The first-order chi connectivity index (χ1) is 14.4. The van der Waals surface area contributed by atoms with Crippen molar-refractivity contribution in [1.29, 1.82) is 0 Å². The van der Waals surface area contributed by atoms with Crippen LogP contribution in [0.15, 0.2) is 72.1 Å². The minimum Gasteiger partial charge on any atom is -0.490 e. The summed E-state index contributed by atoms with van der Waals surface area (Å²) in [5.41, 5.74) is 4.88. The third-order valence-corrected chi connectivity index (χ3v) is 5.09. The Morgan fingerprint density at radius 1 is 1.07 bits per heavy atom. The van der Waals surface area contributed by atoms with Crippen molar-refractivity contribution in [3.05, 3.63) is 88.8 Å². The number of carbonyl (C=O) groups is 2. The number of allylic oxidation sites excluding steroid dienone is 2. The first-order valence-corrected chi connectivity index (χ1v) is 9.64. The van der Waals surface area contributed by atoms with Crippen LogP contribution in [0.1, 0.15) is 23.6 Å². The fourth-order valence-electron chi connectivity index (χ4n) is 3.33. The third-order valence-electron chi connectivity index (χ3n) is 5.09. The van der Waals surface area contributed by atoms with Crippen LogP contribution in [-0.4, -0.2) is 25.5 Å². The summed E-state index contributed by atoms with van der Waals surface area (Å²) >= 11 is 0. The van der Waals surface area contributed by atoms with Crippen LogP contribution < -0.4 is 9.64 Å². The molecule has 5 nitrogen and oxygen atoms in total. The standard InChI is InChI=1S/C25H25NO4/c1-6-13-30-21-11-8-19(9-12-21)15-22-24(27)23(25(28)29-5)18(4)26(22)20-10-7-16(2)17(3)14-20/h6-12,14-15H,1,13H2,2-5H3/b22-15+. The number of methoxy groups -OCH3 is 1. The number of rotatable bonds is 6. The molecular formula is C25H25NO4. The van der Waals surface area contributed by atoms with Gasteiger partial charge in [0.25, 0.3) is 0 Å². The fraction of sp³-hybridized carbons (Fsp3) is 0.200. The highest BCUT2D eigenvalue weighted by Crippen LogP contribution is 2.36. The van der Waals surface area contributed by atoms with Crippen LogP contribution in [0, 0.1) is 13.8 Å². The fourth-order valence-corrected chi connectivity index (χ4v) is 3.33. The lowest BCUT2D eigenvalue weighted by Crippen LogP contribution is -2.18. The lowest BCUT2D eigenvalue weighted by Gasteiger charge is -2.22. The van der Waals surface area contributed by atoms with Crippen LogP contribution in [0.3, 0.4) is 0 Å². The van der Waals surface area contributed by atoms with Crippen molar-refractivity contribution in [2.45, 2.75) is 20.8 Å². The van der Waals surface area contributed by atoms with E-state index in [0.717, 1.165) is 22.4 Å². The smallest absolute Gasteiger partial charge is 0.343 e. The van der Waals surface area contributed by atoms with Gasteiger partial charge in [-0.3, -0.25) is 4.79 Å². The van der Waals surface area contributed by atoms with Gasteiger partial charge in [0.1, 0.15) is 17.9 Å². The number of ether oxygens (including phenoxy) is 2. The van der Waals surface area contributed by atoms with Crippen molar-refractivity contribution in [3.8, 4) is 5.75 Å². The number of anilines is 1. The average Bonchev–Trinajstić information content (AvgIpc) is 2.98. The van der Waals surface area contributed by atoms with Gasteiger partial charge in [-0.1, -0.05) is 30.9 Å². The number of hydrogen-bond donors (Lipinski definition) is 0. The van der Waals surface area contributed by atoms with Gasteiger partial charge in [0.05, 0.1) is 12.8 Å². The first-order valence-electron chi connectivity index (χ1n) is 9.64. The van der Waals surface area contributed by atoms with E-state index in [1.807, 2.05) is 61.2 Å². The molecule has 1 heterocycles. The Labute approximate surface area is 176 Å². The molecule has 154 valence electrons. The summed E-state index contributed by atoms with van der Waals surface area (Å²) in [4.78, 5) is 27.3. The number of benzene rings is 2. The van der Waals surface area contributed by atoms with Gasteiger partial charge in [0.2, 0.25) is 5.78 Å². The van der Waals surface area contributed by atoms with Crippen LogP contribution in [0.4, 0.5) is 5.69 Å². The summed E-state index contributed by atoms with van der Waals surface area (Å²) in [7, 11) is 1.28. The summed E-state index contributed by atoms with van der Waals surface area (Å²) in [6.07, 6.45) is 3.45. The lowest BCUT2D eigenvalue weighted by atomic mass is 10.1. The molecule has 3 rings (SSSR count). The summed E-state index contributed by atoms with van der Waals surface area (Å²) in [6, 6.07) is 13.3. The number of aryl methyl sites for hydroxylation is 2. The van der Waals surface area contributed by atoms with Gasteiger partial charge in [-0.05, 0) is 67.8 Å². The number of hydrogen-bond acceptors (Lipinski definition) is 5. The summed E-state index contributed by atoms with van der Waals surface area (Å²) in [5.74, 6) is -0.280. The van der Waals surface area contributed by atoms with Crippen LogP contribution in [-0.2, 0) is 14.3 Å². The quantitative estimate of drug-likeness (QED) is 0.302. The van der Waals surface area contributed by atoms with Crippen LogP contribution >= 0.6 is 0 Å². The van der Waals surface area contributed by atoms with Crippen molar-refractivity contribution in [3.63, 3.8) is 0 Å². The van der Waals surface area contributed by atoms with E-state index in [9.17, 15) is 9.59 Å². The minimum absolute atomic E-state index is 0.0490. The molecule has 0 aromatic heterocycles. The van der Waals surface area contributed by atoms with Crippen LogP contribution in [0.25, 0.3) is 6.08 Å². The molecule has 1 aliphatic rings. The van der Waals surface area contributed by atoms with E-state index in [0.29, 0.717) is 23.8 Å². The topological polar surface area (TPSA) is 55.8 Å². The number of nitrogens with zero attached hydrogens (tertiary/aromatic N) is 1. The Hall–Kier alpha value is -3.60. The molecule has 0 atom stereocenters. The van der Waals surface area contributed by atoms with E-state index >= 15 is 0 Å². The summed E-state index contributed by atoms with van der Waals surface area (Å²) in [6.45, 7) is 9.86. The molecule has 0 bridgehead atoms. The maximum Gasteiger partial charge on any atom is 0.343 e. The van der Waals surface area contributed by atoms with Gasteiger partial charge in [-0.15, -0.1) is 0 Å². The number of esters is 1. The highest BCUT2D eigenvalue weighted by atomic mass is 16.5. The zero-order chi connectivity index (χ0) is 21.8. The van der Waals surface area contributed by atoms with Crippen molar-refractivity contribution < 1.29 is 19.1 Å². The largest absolute Gasteiger partial charge is 0.490 e. The zero-order valence-corrected chi connectivity index (χ0v) is 17.7. The average molecular weight is 403 g/mol. The van der Waals surface area contributed by atoms with Gasteiger partial charge >= 0.3 is 5.97 Å². The van der Waals surface area contributed by atoms with Gasteiger partial charge in [0, 0.05) is 11.4 Å².